The minimum absolute atomic E-state index is 0.173. The molecule has 3 aliphatic carbocycles. The highest BCUT2D eigenvalue weighted by atomic mass is 16.7. The number of Topliss-reactive ketones (excluding diaryl/α,β-unsaturated/α-hetero) is 1. The van der Waals surface area contributed by atoms with E-state index in [4.69, 9.17) is 9.47 Å². The van der Waals surface area contributed by atoms with Crippen LogP contribution in [-0.2, 0) is 14.3 Å². The first-order valence-corrected chi connectivity index (χ1v) is 6.41. The Morgan fingerprint density at radius 3 is 2.29 bits per heavy atom. The largest absolute Gasteiger partial charge is 0.356 e. The second kappa shape index (κ2) is 5.32. The summed E-state index contributed by atoms with van der Waals surface area (Å²) >= 11 is 0. The summed E-state index contributed by atoms with van der Waals surface area (Å²) in [7, 11) is 3.32. The van der Waals surface area contributed by atoms with Gasteiger partial charge in [0.2, 0.25) is 0 Å². The molecule has 3 aliphatic rings. The molecular formula is C14H22O3. The zero-order valence-electron chi connectivity index (χ0n) is 10.9. The number of ketones is 1. The Bertz CT molecular complexity index is 307. The summed E-state index contributed by atoms with van der Waals surface area (Å²) in [4.78, 5) is 11.8. The van der Waals surface area contributed by atoms with Gasteiger partial charge >= 0.3 is 0 Å². The molecule has 17 heavy (non-hydrogen) atoms. The van der Waals surface area contributed by atoms with E-state index in [0.29, 0.717) is 23.5 Å². The first-order valence-electron chi connectivity index (χ1n) is 6.41. The quantitative estimate of drug-likeness (QED) is 0.545. The summed E-state index contributed by atoms with van der Waals surface area (Å²) in [5.41, 5.74) is 0. The Morgan fingerprint density at radius 1 is 1.24 bits per heavy atom. The van der Waals surface area contributed by atoms with Crippen LogP contribution in [-0.4, -0.2) is 26.3 Å². The summed E-state index contributed by atoms with van der Waals surface area (Å²) < 4.78 is 10.6. The normalized spacial score (nSPS) is 35.5. The van der Waals surface area contributed by atoms with E-state index in [1.165, 1.54) is 6.42 Å². The van der Waals surface area contributed by atoms with E-state index in [-0.39, 0.29) is 12.2 Å². The highest BCUT2D eigenvalue weighted by molar-refractivity contribution is 5.79. The van der Waals surface area contributed by atoms with Gasteiger partial charge in [0.15, 0.2) is 6.29 Å². The maximum Gasteiger partial charge on any atom is 0.157 e. The van der Waals surface area contributed by atoms with E-state index in [2.05, 4.69) is 12.2 Å². The maximum atomic E-state index is 11.8. The highest BCUT2D eigenvalue weighted by Gasteiger charge is 2.43. The minimum Gasteiger partial charge on any atom is -0.356 e. The van der Waals surface area contributed by atoms with E-state index in [1.807, 2.05) is 0 Å². The van der Waals surface area contributed by atoms with Crippen molar-refractivity contribution in [2.45, 2.75) is 32.5 Å². The lowest BCUT2D eigenvalue weighted by Gasteiger charge is -2.44. The van der Waals surface area contributed by atoms with Crippen molar-refractivity contribution in [1.82, 2.24) is 0 Å². The van der Waals surface area contributed by atoms with E-state index in [1.54, 1.807) is 21.1 Å². The lowest BCUT2D eigenvalue weighted by molar-refractivity contribution is -0.138. The van der Waals surface area contributed by atoms with Gasteiger partial charge in [0.25, 0.3) is 0 Å². The van der Waals surface area contributed by atoms with Crippen molar-refractivity contribution >= 4 is 5.78 Å². The Kier molecular flexibility index (Phi) is 4.00. The van der Waals surface area contributed by atoms with Gasteiger partial charge < -0.3 is 9.47 Å². The van der Waals surface area contributed by atoms with Gasteiger partial charge in [-0.15, -0.1) is 0 Å². The second-order valence-corrected chi connectivity index (χ2v) is 5.23. The molecule has 0 N–H and O–H groups in total. The van der Waals surface area contributed by atoms with Crippen LogP contribution in [0.4, 0.5) is 0 Å². The van der Waals surface area contributed by atoms with Crippen LogP contribution in [0.15, 0.2) is 12.2 Å². The number of ether oxygens (including phenoxy) is 2. The van der Waals surface area contributed by atoms with E-state index in [9.17, 15) is 4.79 Å². The first kappa shape index (κ1) is 12.8. The summed E-state index contributed by atoms with van der Waals surface area (Å²) in [6, 6.07) is 0. The molecule has 0 heterocycles. The van der Waals surface area contributed by atoms with Crippen LogP contribution in [0.5, 0.6) is 0 Å². The molecule has 3 rings (SSSR count). The zero-order valence-corrected chi connectivity index (χ0v) is 10.9. The molecule has 0 amide bonds. The fourth-order valence-corrected chi connectivity index (χ4v) is 3.54. The Labute approximate surface area is 103 Å². The number of carbonyl (C=O) groups excluding carboxylic acids is 1. The van der Waals surface area contributed by atoms with Gasteiger partial charge in [-0.25, -0.2) is 0 Å². The van der Waals surface area contributed by atoms with Crippen molar-refractivity contribution < 1.29 is 14.3 Å². The van der Waals surface area contributed by atoms with Crippen LogP contribution in [0, 0.1) is 23.7 Å². The second-order valence-electron chi connectivity index (χ2n) is 5.23. The molecule has 0 aromatic rings. The topological polar surface area (TPSA) is 35.5 Å². The number of carbonyl (C=O) groups is 1. The van der Waals surface area contributed by atoms with Crippen LogP contribution >= 0.6 is 0 Å². The standard InChI is InChI=1S/C14H22O3/c1-9(15)14-11-6-4-10(5-7-11)12(14)8-13(16-2)17-3/h4,6,10-14H,5,7-8H2,1-3H3/t10-,11+,12+,14+/m0/s1. The molecule has 96 valence electrons. The first-order chi connectivity index (χ1) is 8.17. The maximum absolute atomic E-state index is 11.8. The molecular weight excluding hydrogens is 216 g/mol. The monoisotopic (exact) mass is 238 g/mol. The minimum atomic E-state index is -0.186. The van der Waals surface area contributed by atoms with Gasteiger partial charge in [-0.1, -0.05) is 12.2 Å². The van der Waals surface area contributed by atoms with Crippen LogP contribution < -0.4 is 0 Å². The molecule has 0 aromatic carbocycles. The summed E-state index contributed by atoms with van der Waals surface area (Å²) in [5.74, 6) is 1.85. The van der Waals surface area contributed by atoms with Crippen molar-refractivity contribution in [2.24, 2.45) is 23.7 Å². The molecule has 3 heteroatoms. The molecule has 0 aromatic heterocycles. The molecule has 0 radical (unpaired) electrons. The number of rotatable bonds is 5. The molecule has 1 fully saturated rings. The predicted molar refractivity (Wildman–Crippen MR) is 65.4 cm³/mol. The lowest BCUT2D eigenvalue weighted by atomic mass is 9.60. The summed E-state index contributed by atoms with van der Waals surface area (Å²) in [6.07, 6.45) is 7.53. The third-order valence-corrected chi connectivity index (χ3v) is 4.37. The van der Waals surface area contributed by atoms with Crippen molar-refractivity contribution in [3.63, 3.8) is 0 Å². The van der Waals surface area contributed by atoms with Crippen molar-refractivity contribution in [3.8, 4) is 0 Å². The van der Waals surface area contributed by atoms with Crippen molar-refractivity contribution in [2.75, 3.05) is 14.2 Å². The van der Waals surface area contributed by atoms with Crippen LogP contribution in [0.25, 0.3) is 0 Å². The molecule has 0 aliphatic heterocycles. The number of hydrogen-bond donors (Lipinski definition) is 0. The number of allylic oxidation sites excluding steroid dienone is 2. The molecule has 0 spiro atoms. The third-order valence-electron chi connectivity index (χ3n) is 4.37. The Balaban J connectivity index is 2.13. The third kappa shape index (κ3) is 2.45. The van der Waals surface area contributed by atoms with Gasteiger partial charge in [0.05, 0.1) is 0 Å². The Hall–Kier alpha value is -0.670. The molecule has 2 bridgehead atoms. The molecule has 4 atom stereocenters. The van der Waals surface area contributed by atoms with Gasteiger partial charge in [0, 0.05) is 26.6 Å². The Morgan fingerprint density at radius 2 is 1.82 bits per heavy atom. The average Bonchev–Trinajstić information content (AvgIpc) is 2.36. The van der Waals surface area contributed by atoms with Crippen LogP contribution in [0.2, 0.25) is 0 Å². The van der Waals surface area contributed by atoms with E-state index >= 15 is 0 Å². The van der Waals surface area contributed by atoms with Gasteiger partial charge in [0.1, 0.15) is 5.78 Å². The van der Waals surface area contributed by atoms with Crippen molar-refractivity contribution in [1.29, 1.82) is 0 Å². The van der Waals surface area contributed by atoms with E-state index < -0.39 is 0 Å². The van der Waals surface area contributed by atoms with Crippen LogP contribution in [0.1, 0.15) is 26.2 Å². The van der Waals surface area contributed by atoms with E-state index in [0.717, 1.165) is 12.8 Å². The van der Waals surface area contributed by atoms with Gasteiger partial charge in [-0.2, -0.15) is 0 Å². The number of fused-ring (bicyclic) bond motifs is 2. The fourth-order valence-electron chi connectivity index (χ4n) is 3.54. The fraction of sp³-hybridized carbons (Fsp3) is 0.786. The lowest BCUT2D eigenvalue weighted by Crippen LogP contribution is -2.42. The summed E-state index contributed by atoms with van der Waals surface area (Å²) in [6.45, 7) is 1.72. The number of methoxy groups -OCH3 is 2. The SMILES string of the molecule is COC(C[C@H]1[C@H](C(C)=O)[C@@H]2C=C[C@H]1CC2)OC. The molecule has 3 nitrogen and oxygen atoms in total. The molecule has 1 saturated carbocycles. The van der Waals surface area contributed by atoms with Crippen molar-refractivity contribution in [3.05, 3.63) is 12.2 Å². The zero-order chi connectivity index (χ0) is 12.4. The van der Waals surface area contributed by atoms with Crippen LogP contribution in [0.3, 0.4) is 0 Å². The highest BCUT2D eigenvalue weighted by Crippen LogP contribution is 2.47. The molecule has 0 saturated heterocycles. The van der Waals surface area contributed by atoms with Gasteiger partial charge in [-0.3, -0.25) is 4.79 Å². The average molecular weight is 238 g/mol. The predicted octanol–water partition coefficient (Wildman–Crippen LogP) is 2.41. The molecule has 0 unspecified atom stereocenters. The number of hydrogen-bond acceptors (Lipinski definition) is 3. The summed E-state index contributed by atoms with van der Waals surface area (Å²) in [5, 5.41) is 0. The van der Waals surface area contributed by atoms with Gasteiger partial charge in [-0.05, 0) is 37.5 Å². The smallest absolute Gasteiger partial charge is 0.157 e.